The second-order valence-electron chi connectivity index (χ2n) is 3.37. The monoisotopic (exact) mass is 184 g/mol. The largest absolute Gasteiger partial charge is 0.382 e. The molecule has 1 aliphatic heterocycles. The molecule has 3 nitrogen and oxygen atoms in total. The summed E-state index contributed by atoms with van der Waals surface area (Å²) >= 11 is 0. The highest BCUT2D eigenvalue weighted by atomic mass is 16.6. The van der Waals surface area contributed by atoms with Crippen molar-refractivity contribution in [2.45, 2.75) is 31.6 Å². The third-order valence-corrected chi connectivity index (χ3v) is 2.62. The summed E-state index contributed by atoms with van der Waals surface area (Å²) in [5.41, 5.74) is 0. The van der Waals surface area contributed by atoms with E-state index in [4.69, 9.17) is 22.1 Å². The van der Waals surface area contributed by atoms with Gasteiger partial charge in [-0.3, -0.25) is 0 Å². The van der Waals surface area contributed by atoms with E-state index in [9.17, 15) is 0 Å². The topological polar surface area (TPSA) is 27.7 Å². The molecule has 0 spiro atoms. The SMILES string of the molecule is [B]C1OC(COC)C(OC)C1CC. The molecule has 1 rings (SSSR count). The first-order chi connectivity index (χ1) is 6.24. The molecule has 0 amide bonds. The summed E-state index contributed by atoms with van der Waals surface area (Å²) in [6.07, 6.45) is 1.02. The van der Waals surface area contributed by atoms with Gasteiger partial charge in [0, 0.05) is 26.1 Å². The van der Waals surface area contributed by atoms with Crippen molar-refractivity contribution in [3.05, 3.63) is 0 Å². The number of hydrogen-bond acceptors (Lipinski definition) is 3. The Balaban J connectivity index is 2.57. The molecule has 0 N–H and O–H groups in total. The lowest BCUT2D eigenvalue weighted by Gasteiger charge is -2.20. The third kappa shape index (κ3) is 2.24. The Morgan fingerprint density at radius 1 is 1.38 bits per heavy atom. The highest BCUT2D eigenvalue weighted by molar-refractivity contribution is 6.11. The summed E-state index contributed by atoms with van der Waals surface area (Å²) in [4.78, 5) is 0. The van der Waals surface area contributed by atoms with Gasteiger partial charge in [0.25, 0.3) is 0 Å². The normalized spacial score (nSPS) is 39.6. The van der Waals surface area contributed by atoms with E-state index in [0.29, 0.717) is 6.61 Å². The smallest absolute Gasteiger partial charge is 0.109 e. The minimum Gasteiger partial charge on any atom is -0.382 e. The fraction of sp³-hybridized carbons (Fsp3) is 1.00. The maximum absolute atomic E-state index is 5.82. The lowest BCUT2D eigenvalue weighted by Crippen LogP contribution is -2.32. The zero-order valence-electron chi connectivity index (χ0n) is 8.53. The lowest BCUT2D eigenvalue weighted by molar-refractivity contribution is -0.0340. The van der Waals surface area contributed by atoms with Gasteiger partial charge in [-0.25, -0.2) is 0 Å². The highest BCUT2D eigenvalue weighted by Crippen LogP contribution is 2.29. The van der Waals surface area contributed by atoms with Crippen LogP contribution in [0.2, 0.25) is 0 Å². The average molecular weight is 184 g/mol. The third-order valence-electron chi connectivity index (χ3n) is 2.62. The number of hydrogen-bond donors (Lipinski definition) is 0. The van der Waals surface area contributed by atoms with E-state index < -0.39 is 0 Å². The van der Waals surface area contributed by atoms with Gasteiger partial charge in [-0.1, -0.05) is 6.92 Å². The second kappa shape index (κ2) is 4.98. The van der Waals surface area contributed by atoms with Crippen molar-refractivity contribution in [2.24, 2.45) is 5.92 Å². The van der Waals surface area contributed by atoms with Crippen LogP contribution in [0.15, 0.2) is 0 Å². The molecule has 4 atom stereocenters. The van der Waals surface area contributed by atoms with Crippen LogP contribution >= 0.6 is 0 Å². The molecule has 1 aliphatic rings. The molecule has 1 saturated heterocycles. The minimum absolute atomic E-state index is 0.0186. The Hall–Kier alpha value is -0.0551. The molecule has 0 aliphatic carbocycles. The zero-order valence-corrected chi connectivity index (χ0v) is 8.53. The van der Waals surface area contributed by atoms with E-state index in [2.05, 4.69) is 6.92 Å². The van der Waals surface area contributed by atoms with Crippen LogP contribution in [0, 0.1) is 5.92 Å². The fourth-order valence-electron chi connectivity index (χ4n) is 1.93. The van der Waals surface area contributed by atoms with Gasteiger partial charge in [-0.2, -0.15) is 0 Å². The minimum atomic E-state index is -0.213. The first-order valence-corrected chi connectivity index (χ1v) is 4.67. The molecule has 0 aromatic heterocycles. The Morgan fingerprint density at radius 2 is 2.08 bits per heavy atom. The van der Waals surface area contributed by atoms with E-state index in [-0.39, 0.29) is 24.1 Å². The van der Waals surface area contributed by atoms with E-state index in [1.54, 1.807) is 14.2 Å². The number of rotatable bonds is 4. The number of methoxy groups -OCH3 is 2. The van der Waals surface area contributed by atoms with Gasteiger partial charge in [-0.15, -0.1) is 0 Å². The van der Waals surface area contributed by atoms with Crippen LogP contribution in [0.1, 0.15) is 13.3 Å². The lowest BCUT2D eigenvalue weighted by atomic mass is 9.83. The molecule has 1 heterocycles. The average Bonchev–Trinajstić information content (AvgIpc) is 2.41. The quantitative estimate of drug-likeness (QED) is 0.597. The Kier molecular flexibility index (Phi) is 4.23. The Labute approximate surface area is 81.1 Å². The van der Waals surface area contributed by atoms with Crippen LogP contribution in [-0.2, 0) is 14.2 Å². The van der Waals surface area contributed by atoms with E-state index >= 15 is 0 Å². The molecule has 4 heteroatoms. The van der Waals surface area contributed by atoms with Crippen LogP contribution in [0.4, 0.5) is 0 Å². The van der Waals surface area contributed by atoms with Gasteiger partial charge >= 0.3 is 0 Å². The summed E-state index contributed by atoms with van der Waals surface area (Å²) in [5, 5.41) is 0. The molecule has 0 aromatic carbocycles. The molecule has 2 radical (unpaired) electrons. The van der Waals surface area contributed by atoms with Crippen molar-refractivity contribution in [3.8, 4) is 0 Å². The van der Waals surface area contributed by atoms with Gasteiger partial charge in [0.05, 0.1) is 12.7 Å². The Morgan fingerprint density at radius 3 is 2.54 bits per heavy atom. The van der Waals surface area contributed by atoms with Crippen molar-refractivity contribution in [2.75, 3.05) is 20.8 Å². The first-order valence-electron chi connectivity index (χ1n) is 4.67. The van der Waals surface area contributed by atoms with Gasteiger partial charge in [0.15, 0.2) is 0 Å². The van der Waals surface area contributed by atoms with Crippen LogP contribution in [0.25, 0.3) is 0 Å². The summed E-state index contributed by atoms with van der Waals surface area (Å²) < 4.78 is 15.9. The van der Waals surface area contributed by atoms with Crippen LogP contribution in [-0.4, -0.2) is 46.9 Å². The molecule has 0 aromatic rings. The van der Waals surface area contributed by atoms with E-state index in [0.717, 1.165) is 6.42 Å². The fourth-order valence-corrected chi connectivity index (χ4v) is 1.93. The summed E-state index contributed by atoms with van der Waals surface area (Å²) in [5.74, 6) is 0.283. The summed E-state index contributed by atoms with van der Waals surface area (Å²) in [6, 6.07) is -0.213. The molecule has 13 heavy (non-hydrogen) atoms. The molecule has 0 bridgehead atoms. The van der Waals surface area contributed by atoms with Crippen molar-refractivity contribution in [3.63, 3.8) is 0 Å². The molecule has 4 unspecified atom stereocenters. The molecular weight excluding hydrogens is 167 g/mol. The second-order valence-corrected chi connectivity index (χ2v) is 3.37. The predicted molar refractivity (Wildman–Crippen MR) is 50.9 cm³/mol. The molecular formula is C9H17BO3. The van der Waals surface area contributed by atoms with Crippen molar-refractivity contribution in [1.82, 2.24) is 0 Å². The Bertz CT molecular complexity index is 154. The zero-order chi connectivity index (χ0) is 9.84. The highest BCUT2D eigenvalue weighted by Gasteiger charge is 2.40. The molecule has 1 fully saturated rings. The van der Waals surface area contributed by atoms with Crippen molar-refractivity contribution < 1.29 is 14.2 Å². The van der Waals surface area contributed by atoms with Gasteiger partial charge < -0.3 is 14.2 Å². The summed E-state index contributed by atoms with van der Waals surface area (Å²) in [6.45, 7) is 2.64. The van der Waals surface area contributed by atoms with Gasteiger partial charge in [0.1, 0.15) is 14.0 Å². The van der Waals surface area contributed by atoms with Gasteiger partial charge in [-0.05, 0) is 6.42 Å². The van der Waals surface area contributed by atoms with Crippen LogP contribution < -0.4 is 0 Å². The first kappa shape index (κ1) is 11.0. The predicted octanol–water partition coefficient (Wildman–Crippen LogP) is 0.567. The summed E-state index contributed by atoms with van der Waals surface area (Å²) in [7, 11) is 9.16. The van der Waals surface area contributed by atoms with Crippen LogP contribution in [0.3, 0.4) is 0 Å². The molecule has 74 valence electrons. The van der Waals surface area contributed by atoms with E-state index in [1.165, 1.54) is 0 Å². The standard InChI is InChI=1S/C9H17BO3/c1-4-6-8(12-3)7(5-11-2)13-9(6)10/h6-9H,4-5H2,1-3H3. The van der Waals surface area contributed by atoms with Gasteiger partial charge in [0.2, 0.25) is 0 Å². The maximum atomic E-state index is 5.82. The maximum Gasteiger partial charge on any atom is 0.109 e. The van der Waals surface area contributed by atoms with E-state index in [1.807, 2.05) is 0 Å². The van der Waals surface area contributed by atoms with Crippen molar-refractivity contribution >= 4 is 7.85 Å². The molecule has 0 saturated carbocycles. The number of ether oxygens (including phenoxy) is 3. The van der Waals surface area contributed by atoms with Crippen molar-refractivity contribution in [1.29, 1.82) is 0 Å². The van der Waals surface area contributed by atoms with Crippen LogP contribution in [0.5, 0.6) is 0 Å².